The van der Waals surface area contributed by atoms with Crippen molar-refractivity contribution in [1.29, 1.82) is 0 Å². The maximum Gasteiger partial charge on any atom is 0.339 e. The normalized spacial score (nSPS) is 20.0. The Morgan fingerprint density at radius 1 is 1.00 bits per heavy atom. The summed E-state index contributed by atoms with van der Waals surface area (Å²) in [6, 6.07) is 5.97. The van der Waals surface area contributed by atoms with Gasteiger partial charge in [0, 0.05) is 35.1 Å². The topological polar surface area (TPSA) is 103 Å². The molecule has 32 heavy (non-hydrogen) atoms. The van der Waals surface area contributed by atoms with Crippen LogP contribution >= 0.6 is 0 Å². The van der Waals surface area contributed by atoms with Gasteiger partial charge in [0.15, 0.2) is 11.5 Å². The Kier molecular flexibility index (Phi) is 5.30. The van der Waals surface area contributed by atoms with E-state index < -0.39 is 0 Å². The highest BCUT2D eigenvalue weighted by atomic mass is 16.5. The molecule has 3 aromatic rings. The molecule has 2 aliphatic rings. The van der Waals surface area contributed by atoms with E-state index in [1.165, 1.54) is 0 Å². The number of aliphatic hydroxyl groups is 1. The summed E-state index contributed by atoms with van der Waals surface area (Å²) in [7, 11) is 3.18. The first-order chi connectivity index (χ1) is 15.6. The molecule has 0 radical (unpaired) electrons. The Hall–Kier alpha value is -3.39. The van der Waals surface area contributed by atoms with Crippen LogP contribution in [0.15, 0.2) is 30.6 Å². The summed E-state index contributed by atoms with van der Waals surface area (Å²) in [5, 5.41) is 14.8. The number of benzene rings is 2. The van der Waals surface area contributed by atoms with Crippen molar-refractivity contribution in [2.45, 2.75) is 44.4 Å². The summed E-state index contributed by atoms with van der Waals surface area (Å²) in [6.45, 7) is 0.236. The molecule has 1 fully saturated rings. The van der Waals surface area contributed by atoms with E-state index in [2.05, 4.69) is 15.3 Å². The molecule has 1 saturated carbocycles. The number of esters is 1. The Balaban J connectivity index is 1.57. The van der Waals surface area contributed by atoms with E-state index in [0.717, 1.165) is 53.1 Å². The zero-order valence-electron chi connectivity index (χ0n) is 18.1. The van der Waals surface area contributed by atoms with Gasteiger partial charge >= 0.3 is 5.97 Å². The van der Waals surface area contributed by atoms with Gasteiger partial charge in [0.2, 0.25) is 5.95 Å². The lowest BCUT2D eigenvalue weighted by molar-refractivity contribution is 0.0535. The van der Waals surface area contributed by atoms with Gasteiger partial charge in [-0.25, -0.2) is 14.8 Å². The lowest BCUT2D eigenvalue weighted by Crippen LogP contribution is -2.28. The fourth-order valence-electron chi connectivity index (χ4n) is 4.58. The number of anilines is 1. The summed E-state index contributed by atoms with van der Waals surface area (Å²) in [5.41, 5.74) is 2.82. The zero-order chi connectivity index (χ0) is 22.2. The Morgan fingerprint density at radius 2 is 1.69 bits per heavy atom. The third-order valence-electron chi connectivity index (χ3n) is 6.26. The molecule has 8 nitrogen and oxygen atoms in total. The standard InChI is InChI=1S/C24H25N3O5/c1-30-19-8-13-7-14-12-32-23(29)22(14)21(18(13)9-20(19)31-2)15-10-25-24(26-11-15)27-16-3-5-17(28)6-4-16/h7-11,16-17,28H,3-6,12H2,1-2H3,(H,25,26,27). The number of rotatable bonds is 5. The molecule has 8 heteroatoms. The van der Waals surface area contributed by atoms with Gasteiger partial charge in [0.1, 0.15) is 6.61 Å². The molecule has 5 rings (SSSR count). The number of cyclic esters (lactones) is 1. The number of ether oxygens (including phenoxy) is 3. The molecule has 166 valence electrons. The van der Waals surface area contributed by atoms with Crippen LogP contribution in [0.5, 0.6) is 11.5 Å². The van der Waals surface area contributed by atoms with E-state index in [4.69, 9.17) is 14.2 Å². The number of nitrogens with one attached hydrogen (secondary N) is 1. The van der Waals surface area contributed by atoms with Crippen LogP contribution in [0.1, 0.15) is 41.6 Å². The quantitative estimate of drug-likeness (QED) is 0.585. The average Bonchev–Trinajstić information content (AvgIpc) is 3.18. The van der Waals surface area contributed by atoms with Crippen LogP contribution in [0.25, 0.3) is 21.9 Å². The maximum atomic E-state index is 12.6. The molecule has 1 aliphatic carbocycles. The first-order valence-corrected chi connectivity index (χ1v) is 10.7. The number of aromatic nitrogens is 2. The lowest BCUT2D eigenvalue weighted by Gasteiger charge is -2.26. The molecule has 2 aromatic carbocycles. The number of hydrogen-bond donors (Lipinski definition) is 2. The van der Waals surface area contributed by atoms with E-state index in [0.29, 0.717) is 23.0 Å². The van der Waals surface area contributed by atoms with Gasteiger partial charge < -0.3 is 24.6 Å². The van der Waals surface area contributed by atoms with Gasteiger partial charge in [-0.2, -0.15) is 0 Å². The van der Waals surface area contributed by atoms with Gasteiger partial charge in [0.25, 0.3) is 0 Å². The minimum Gasteiger partial charge on any atom is -0.493 e. The van der Waals surface area contributed by atoms with Crippen LogP contribution in [0.4, 0.5) is 5.95 Å². The highest BCUT2D eigenvalue weighted by Crippen LogP contribution is 2.42. The van der Waals surface area contributed by atoms with Gasteiger partial charge in [-0.15, -0.1) is 0 Å². The monoisotopic (exact) mass is 435 g/mol. The third kappa shape index (κ3) is 3.60. The first-order valence-electron chi connectivity index (χ1n) is 10.7. The van der Waals surface area contributed by atoms with Crippen molar-refractivity contribution in [3.05, 3.63) is 41.7 Å². The van der Waals surface area contributed by atoms with Crippen molar-refractivity contribution in [3.8, 4) is 22.6 Å². The molecule has 0 saturated heterocycles. The molecule has 1 aromatic heterocycles. The van der Waals surface area contributed by atoms with Gasteiger partial charge in [0.05, 0.1) is 25.9 Å². The van der Waals surface area contributed by atoms with Crippen LogP contribution in [0, 0.1) is 0 Å². The molecule has 0 amide bonds. The van der Waals surface area contributed by atoms with E-state index in [1.54, 1.807) is 26.6 Å². The van der Waals surface area contributed by atoms with Crippen molar-refractivity contribution >= 4 is 22.7 Å². The highest BCUT2D eigenvalue weighted by Gasteiger charge is 2.29. The fraction of sp³-hybridized carbons (Fsp3) is 0.375. The molecular formula is C24H25N3O5. The van der Waals surface area contributed by atoms with Gasteiger partial charge in [-0.3, -0.25) is 0 Å². The Bertz CT molecular complexity index is 1170. The van der Waals surface area contributed by atoms with Crippen molar-refractivity contribution in [3.63, 3.8) is 0 Å². The van der Waals surface area contributed by atoms with E-state index in [-0.39, 0.29) is 24.7 Å². The van der Waals surface area contributed by atoms with Crippen molar-refractivity contribution < 1.29 is 24.1 Å². The summed E-state index contributed by atoms with van der Waals surface area (Å²) < 4.78 is 16.3. The number of carbonyl (C=O) groups excluding carboxylic acids is 1. The van der Waals surface area contributed by atoms with Crippen LogP contribution < -0.4 is 14.8 Å². The lowest BCUT2D eigenvalue weighted by atomic mass is 9.91. The maximum absolute atomic E-state index is 12.6. The van der Waals surface area contributed by atoms with Crippen LogP contribution in [-0.2, 0) is 11.3 Å². The molecular weight excluding hydrogens is 410 g/mol. The minimum atomic E-state index is -0.352. The summed E-state index contributed by atoms with van der Waals surface area (Å²) in [6.07, 6.45) is 6.58. The first kappa shape index (κ1) is 20.5. The van der Waals surface area contributed by atoms with Gasteiger partial charge in [-0.05, 0) is 54.7 Å². The van der Waals surface area contributed by atoms with E-state index in [1.807, 2.05) is 18.2 Å². The Labute approximate surface area is 185 Å². The second-order valence-corrected chi connectivity index (χ2v) is 8.24. The fourth-order valence-corrected chi connectivity index (χ4v) is 4.58. The minimum absolute atomic E-state index is 0.208. The molecule has 0 spiro atoms. The number of hydrogen-bond acceptors (Lipinski definition) is 8. The number of aliphatic hydroxyl groups excluding tert-OH is 1. The van der Waals surface area contributed by atoms with E-state index >= 15 is 0 Å². The molecule has 2 N–H and O–H groups in total. The Morgan fingerprint density at radius 3 is 2.38 bits per heavy atom. The van der Waals surface area contributed by atoms with Gasteiger partial charge in [-0.1, -0.05) is 0 Å². The number of methoxy groups -OCH3 is 2. The SMILES string of the molecule is COc1cc2cc3c(c(-c4cnc(NC5CCC(O)CC5)nc4)c2cc1OC)C(=O)OC3. The van der Waals surface area contributed by atoms with Crippen molar-refractivity contribution in [2.24, 2.45) is 0 Å². The smallest absolute Gasteiger partial charge is 0.339 e. The predicted octanol–water partition coefficient (Wildman–Crippen LogP) is 3.70. The third-order valence-corrected chi connectivity index (χ3v) is 6.26. The predicted molar refractivity (Wildman–Crippen MR) is 119 cm³/mol. The largest absolute Gasteiger partial charge is 0.493 e. The zero-order valence-corrected chi connectivity index (χ0v) is 18.1. The summed E-state index contributed by atoms with van der Waals surface area (Å²) in [5.74, 6) is 1.37. The molecule has 1 aliphatic heterocycles. The number of nitrogens with zero attached hydrogens (tertiary/aromatic N) is 2. The highest BCUT2D eigenvalue weighted by molar-refractivity contribution is 6.11. The second kappa shape index (κ2) is 8.27. The number of fused-ring (bicyclic) bond motifs is 2. The summed E-state index contributed by atoms with van der Waals surface area (Å²) in [4.78, 5) is 21.6. The van der Waals surface area contributed by atoms with Crippen LogP contribution in [0.3, 0.4) is 0 Å². The van der Waals surface area contributed by atoms with Crippen LogP contribution in [0.2, 0.25) is 0 Å². The molecule has 0 atom stereocenters. The van der Waals surface area contributed by atoms with Crippen molar-refractivity contribution in [1.82, 2.24) is 9.97 Å². The van der Waals surface area contributed by atoms with Crippen molar-refractivity contribution in [2.75, 3.05) is 19.5 Å². The molecule has 0 bridgehead atoms. The van der Waals surface area contributed by atoms with Crippen LogP contribution in [-0.4, -0.2) is 47.4 Å². The molecule has 0 unspecified atom stereocenters. The van der Waals surface area contributed by atoms with E-state index in [9.17, 15) is 9.90 Å². The second-order valence-electron chi connectivity index (χ2n) is 8.24. The summed E-state index contributed by atoms with van der Waals surface area (Å²) >= 11 is 0. The number of carbonyl (C=O) groups is 1. The molecule has 2 heterocycles. The average molecular weight is 435 g/mol.